The lowest BCUT2D eigenvalue weighted by atomic mass is 9.78. The van der Waals surface area contributed by atoms with Crippen LogP contribution in [0.25, 0.3) is 0 Å². The van der Waals surface area contributed by atoms with Gasteiger partial charge in [-0.3, -0.25) is 0 Å². The van der Waals surface area contributed by atoms with Gasteiger partial charge in [-0.2, -0.15) is 0 Å². The molecular weight excluding hydrogens is 406 g/mol. The Kier molecular flexibility index (Phi) is 6.82. The number of nitrogens with zero attached hydrogens (tertiary/aromatic N) is 2. The van der Waals surface area contributed by atoms with Crippen molar-refractivity contribution in [3.8, 4) is 0 Å². The number of hydrogen-bond donors (Lipinski definition) is 1. The molecule has 2 aromatic rings. The molecule has 2 aromatic carbocycles. The molecule has 2 saturated heterocycles. The quantitative estimate of drug-likeness (QED) is 0.684. The maximum absolute atomic E-state index is 13.2. The molecule has 6 heteroatoms. The Balaban J connectivity index is 1.50. The van der Waals surface area contributed by atoms with Crippen molar-refractivity contribution in [1.29, 1.82) is 0 Å². The Morgan fingerprint density at radius 3 is 2.39 bits per heavy atom. The predicted octanol–water partition coefficient (Wildman–Crippen LogP) is 3.20. The van der Waals surface area contributed by atoms with E-state index in [1.54, 1.807) is 31.3 Å². The van der Waals surface area contributed by atoms with Crippen LogP contribution in [-0.2, 0) is 15.4 Å². The number of nitrogens with one attached hydrogen (secondary N) is 1. The molecule has 0 aromatic heterocycles. The van der Waals surface area contributed by atoms with Gasteiger partial charge >= 0.3 is 0 Å². The fraction of sp³-hybridized carbons (Fsp3) is 0.520. The summed E-state index contributed by atoms with van der Waals surface area (Å²) in [5, 5.41) is 3.54. The van der Waals surface area contributed by atoms with Gasteiger partial charge in [0, 0.05) is 25.6 Å². The van der Waals surface area contributed by atoms with Crippen molar-refractivity contribution in [3.63, 3.8) is 0 Å². The fourth-order valence-corrected chi connectivity index (χ4v) is 6.54. The van der Waals surface area contributed by atoms with E-state index in [2.05, 4.69) is 41.4 Å². The molecule has 1 unspecified atom stereocenters. The number of likely N-dealkylation sites (N-methyl/N-ethyl adjacent to an activating group) is 1. The zero-order valence-corrected chi connectivity index (χ0v) is 19.5. The lowest BCUT2D eigenvalue weighted by Crippen LogP contribution is -2.45. The van der Waals surface area contributed by atoms with E-state index in [9.17, 15) is 8.42 Å². The summed E-state index contributed by atoms with van der Waals surface area (Å²) in [6, 6.07) is 19.1. The van der Waals surface area contributed by atoms with Crippen molar-refractivity contribution in [2.24, 2.45) is 11.8 Å². The molecule has 5 nitrogen and oxygen atoms in total. The Bertz CT molecular complexity index is 951. The summed E-state index contributed by atoms with van der Waals surface area (Å²) < 4.78 is 27.9. The number of sulfonamides is 1. The second kappa shape index (κ2) is 9.41. The first-order valence-corrected chi connectivity index (χ1v) is 12.8. The Hall–Kier alpha value is -1.73. The van der Waals surface area contributed by atoms with Crippen LogP contribution < -0.4 is 5.32 Å². The van der Waals surface area contributed by atoms with Crippen molar-refractivity contribution < 1.29 is 8.42 Å². The Morgan fingerprint density at radius 1 is 1.03 bits per heavy atom. The Morgan fingerprint density at radius 2 is 1.68 bits per heavy atom. The van der Waals surface area contributed by atoms with Crippen LogP contribution in [0.2, 0.25) is 0 Å². The minimum absolute atomic E-state index is 0.261. The third kappa shape index (κ3) is 5.03. The summed E-state index contributed by atoms with van der Waals surface area (Å²) in [4.78, 5) is 2.94. The second-order valence-electron chi connectivity index (χ2n) is 9.52. The summed E-state index contributed by atoms with van der Waals surface area (Å²) in [5.74, 6) is 1.59. The van der Waals surface area contributed by atoms with Gasteiger partial charge in [-0.25, -0.2) is 12.7 Å². The molecule has 3 atom stereocenters. The first-order chi connectivity index (χ1) is 14.9. The summed E-state index contributed by atoms with van der Waals surface area (Å²) in [6.07, 6.45) is 2.19. The minimum atomic E-state index is -3.52. The maximum Gasteiger partial charge on any atom is 0.242 e. The number of hydrogen-bond acceptors (Lipinski definition) is 4. The third-order valence-corrected chi connectivity index (χ3v) is 9.08. The first kappa shape index (κ1) is 22.5. The van der Waals surface area contributed by atoms with E-state index in [0.29, 0.717) is 11.4 Å². The molecule has 2 aliphatic rings. The van der Waals surface area contributed by atoms with Crippen molar-refractivity contribution in [2.45, 2.75) is 30.1 Å². The molecule has 0 aliphatic carbocycles. The zero-order chi connectivity index (χ0) is 21.9. The van der Waals surface area contributed by atoms with E-state index in [1.165, 1.54) is 22.8 Å². The van der Waals surface area contributed by atoms with Crippen LogP contribution >= 0.6 is 0 Å². The Labute approximate surface area is 187 Å². The van der Waals surface area contributed by atoms with Gasteiger partial charge in [0.05, 0.1) is 4.90 Å². The van der Waals surface area contributed by atoms with Crippen LogP contribution in [0.15, 0.2) is 65.6 Å². The number of piperidine rings is 1. The summed E-state index contributed by atoms with van der Waals surface area (Å²) >= 11 is 0. The van der Waals surface area contributed by atoms with E-state index in [1.807, 2.05) is 12.1 Å². The maximum atomic E-state index is 13.2. The summed E-state index contributed by atoms with van der Waals surface area (Å²) in [6.45, 7) is 8.26. The SMILES string of the molecule is CN(C[C@@](C)(CCN1CC[C@H]2CNCC2C1)c1ccccc1)S(=O)(=O)c1ccccc1. The molecule has 2 heterocycles. The lowest BCUT2D eigenvalue weighted by molar-refractivity contribution is 0.136. The van der Waals surface area contributed by atoms with Gasteiger partial charge < -0.3 is 10.2 Å². The van der Waals surface area contributed by atoms with Gasteiger partial charge in [-0.15, -0.1) is 0 Å². The van der Waals surface area contributed by atoms with Crippen molar-refractivity contribution in [1.82, 2.24) is 14.5 Å². The zero-order valence-electron chi connectivity index (χ0n) is 18.7. The molecule has 0 radical (unpaired) electrons. The molecule has 168 valence electrons. The third-order valence-electron chi connectivity index (χ3n) is 7.26. The highest BCUT2D eigenvalue weighted by Crippen LogP contribution is 2.32. The van der Waals surface area contributed by atoms with E-state index < -0.39 is 10.0 Å². The minimum Gasteiger partial charge on any atom is -0.316 e. The van der Waals surface area contributed by atoms with Crippen molar-refractivity contribution in [3.05, 3.63) is 66.2 Å². The number of rotatable bonds is 8. The number of benzene rings is 2. The van der Waals surface area contributed by atoms with Crippen molar-refractivity contribution in [2.75, 3.05) is 46.3 Å². The topological polar surface area (TPSA) is 52.6 Å². The second-order valence-corrected chi connectivity index (χ2v) is 11.6. The van der Waals surface area contributed by atoms with Gasteiger partial charge in [0.25, 0.3) is 0 Å². The van der Waals surface area contributed by atoms with Crippen LogP contribution in [0.5, 0.6) is 0 Å². The van der Waals surface area contributed by atoms with Crippen molar-refractivity contribution >= 4 is 10.0 Å². The van der Waals surface area contributed by atoms with Crippen LogP contribution in [0, 0.1) is 11.8 Å². The predicted molar refractivity (Wildman–Crippen MR) is 126 cm³/mol. The standard InChI is InChI=1S/C25H35N3O2S/c1-25(23-9-5-3-6-10-23,14-16-28-15-13-21-17-26-18-22(21)19-28)20-27(2)31(29,30)24-11-7-4-8-12-24/h3-12,21-22,26H,13-20H2,1-2H3/t21-,22?,25+/m0/s1. The average molecular weight is 442 g/mol. The van der Waals surface area contributed by atoms with E-state index in [0.717, 1.165) is 44.4 Å². The summed E-state index contributed by atoms with van der Waals surface area (Å²) in [5.41, 5.74) is 0.936. The molecule has 31 heavy (non-hydrogen) atoms. The van der Waals surface area contributed by atoms with Crippen LogP contribution in [-0.4, -0.2) is 63.9 Å². The highest BCUT2D eigenvalue weighted by Gasteiger charge is 2.36. The largest absolute Gasteiger partial charge is 0.316 e. The highest BCUT2D eigenvalue weighted by atomic mass is 32.2. The van der Waals surface area contributed by atoms with E-state index >= 15 is 0 Å². The monoisotopic (exact) mass is 441 g/mol. The van der Waals surface area contributed by atoms with Crippen LogP contribution in [0.1, 0.15) is 25.3 Å². The molecule has 2 fully saturated rings. The van der Waals surface area contributed by atoms with Gasteiger partial charge in [0.1, 0.15) is 0 Å². The highest BCUT2D eigenvalue weighted by molar-refractivity contribution is 7.89. The number of fused-ring (bicyclic) bond motifs is 1. The van der Waals surface area contributed by atoms with E-state index in [4.69, 9.17) is 0 Å². The summed E-state index contributed by atoms with van der Waals surface area (Å²) in [7, 11) is -1.82. The molecule has 1 N–H and O–H groups in total. The lowest BCUT2D eigenvalue weighted by Gasteiger charge is -2.39. The molecule has 0 spiro atoms. The smallest absolute Gasteiger partial charge is 0.242 e. The normalized spacial score (nSPS) is 24.1. The molecule has 0 bridgehead atoms. The average Bonchev–Trinajstić information content (AvgIpc) is 3.27. The van der Waals surface area contributed by atoms with Gasteiger partial charge in [-0.1, -0.05) is 55.5 Å². The van der Waals surface area contributed by atoms with Crippen LogP contribution in [0.3, 0.4) is 0 Å². The molecule has 4 rings (SSSR count). The molecule has 0 saturated carbocycles. The van der Waals surface area contributed by atoms with Gasteiger partial charge in [0.2, 0.25) is 10.0 Å². The fourth-order valence-electron chi connectivity index (χ4n) is 5.22. The molecular formula is C25H35N3O2S. The van der Waals surface area contributed by atoms with Gasteiger partial charge in [-0.05, 0) is 68.6 Å². The number of likely N-dealkylation sites (tertiary alicyclic amines) is 1. The molecule has 0 amide bonds. The van der Waals surface area contributed by atoms with E-state index in [-0.39, 0.29) is 5.41 Å². The van der Waals surface area contributed by atoms with Gasteiger partial charge in [0.15, 0.2) is 0 Å². The first-order valence-electron chi connectivity index (χ1n) is 11.4. The molecule has 2 aliphatic heterocycles. The van der Waals surface area contributed by atoms with Crippen LogP contribution in [0.4, 0.5) is 0 Å².